The van der Waals surface area contributed by atoms with Gasteiger partial charge in [0.25, 0.3) is 0 Å². The zero-order valence-electron chi connectivity index (χ0n) is 17.7. The topological polar surface area (TPSA) is 76.1 Å². The average Bonchev–Trinajstić information content (AvgIpc) is 2.70. The number of nitrogens with zero attached hydrogens (tertiary/aromatic N) is 2. The van der Waals surface area contributed by atoms with Crippen LogP contribution in [0.25, 0.3) is 0 Å². The van der Waals surface area contributed by atoms with Gasteiger partial charge in [0, 0.05) is 12.1 Å². The number of hydrogen-bond acceptors (Lipinski definition) is 6. The molecule has 1 unspecified atom stereocenters. The second-order valence-electron chi connectivity index (χ2n) is 7.90. The fourth-order valence-corrected chi connectivity index (χ4v) is 3.74. The SMILES string of the molecule is COc1ccccc1Nc1nc2c(c(Nc3ccc(C)c(C)c3)n1)C(=O)CC(C)C2. The zero-order chi connectivity index (χ0) is 21.3. The van der Waals surface area contributed by atoms with Gasteiger partial charge in [-0.2, -0.15) is 4.98 Å². The summed E-state index contributed by atoms with van der Waals surface area (Å²) in [7, 11) is 1.63. The molecule has 6 nitrogen and oxygen atoms in total. The fourth-order valence-electron chi connectivity index (χ4n) is 3.74. The van der Waals surface area contributed by atoms with E-state index in [1.165, 1.54) is 11.1 Å². The molecule has 3 aromatic rings. The third kappa shape index (κ3) is 3.99. The predicted octanol–water partition coefficient (Wildman–Crippen LogP) is 5.35. The number of carbonyl (C=O) groups is 1. The minimum Gasteiger partial charge on any atom is -0.495 e. The van der Waals surface area contributed by atoms with Crippen LogP contribution >= 0.6 is 0 Å². The summed E-state index contributed by atoms with van der Waals surface area (Å²) in [5.41, 5.74) is 5.43. The Bertz CT molecular complexity index is 1110. The first-order chi connectivity index (χ1) is 14.4. The molecule has 0 fully saturated rings. The summed E-state index contributed by atoms with van der Waals surface area (Å²) in [4.78, 5) is 22.2. The number of aryl methyl sites for hydroxylation is 2. The number of fused-ring (bicyclic) bond motifs is 1. The molecule has 1 atom stereocenters. The summed E-state index contributed by atoms with van der Waals surface area (Å²) in [5.74, 6) is 2.02. The molecule has 2 N–H and O–H groups in total. The van der Waals surface area contributed by atoms with E-state index in [1.54, 1.807) is 7.11 Å². The van der Waals surface area contributed by atoms with Gasteiger partial charge in [-0.05, 0) is 61.6 Å². The van der Waals surface area contributed by atoms with E-state index in [0.29, 0.717) is 29.5 Å². The van der Waals surface area contributed by atoms with Crippen molar-refractivity contribution in [2.45, 2.75) is 33.6 Å². The molecule has 30 heavy (non-hydrogen) atoms. The molecule has 0 saturated carbocycles. The molecule has 0 amide bonds. The Kier molecular flexibility index (Phi) is 5.40. The van der Waals surface area contributed by atoms with Crippen LogP contribution in [0.4, 0.5) is 23.1 Å². The third-order valence-corrected chi connectivity index (χ3v) is 5.46. The number of aromatic nitrogens is 2. The molecule has 0 aliphatic heterocycles. The van der Waals surface area contributed by atoms with Gasteiger partial charge in [-0.3, -0.25) is 4.79 Å². The van der Waals surface area contributed by atoms with Crippen molar-refractivity contribution in [1.82, 2.24) is 9.97 Å². The minimum atomic E-state index is 0.0823. The number of ether oxygens (including phenoxy) is 1. The van der Waals surface area contributed by atoms with E-state index in [1.807, 2.05) is 30.3 Å². The third-order valence-electron chi connectivity index (χ3n) is 5.46. The number of hydrogen-bond donors (Lipinski definition) is 2. The number of anilines is 4. The Morgan fingerprint density at radius 1 is 1.00 bits per heavy atom. The van der Waals surface area contributed by atoms with Crippen LogP contribution in [-0.2, 0) is 6.42 Å². The summed E-state index contributed by atoms with van der Waals surface area (Å²) in [6, 6.07) is 13.7. The molecule has 1 aliphatic carbocycles. The van der Waals surface area contributed by atoms with E-state index in [9.17, 15) is 4.79 Å². The molecule has 2 aromatic carbocycles. The molecule has 0 spiro atoms. The standard InChI is InChI=1S/C24H26N4O2/c1-14-11-19-22(20(29)12-14)23(25-17-10-9-15(2)16(3)13-17)28-24(27-19)26-18-7-5-6-8-21(18)30-4/h5-10,13-14H,11-12H2,1-4H3,(H2,25,26,27,28). The van der Waals surface area contributed by atoms with Crippen LogP contribution < -0.4 is 15.4 Å². The maximum absolute atomic E-state index is 12.8. The van der Waals surface area contributed by atoms with Gasteiger partial charge in [0.15, 0.2) is 5.78 Å². The van der Waals surface area contributed by atoms with Crippen molar-refractivity contribution in [3.8, 4) is 5.75 Å². The van der Waals surface area contributed by atoms with E-state index < -0.39 is 0 Å². The second-order valence-corrected chi connectivity index (χ2v) is 7.90. The second kappa shape index (κ2) is 8.14. The maximum Gasteiger partial charge on any atom is 0.229 e. The number of ketones is 1. The van der Waals surface area contributed by atoms with Gasteiger partial charge >= 0.3 is 0 Å². The van der Waals surface area contributed by atoms with Gasteiger partial charge in [0.05, 0.1) is 24.1 Å². The monoisotopic (exact) mass is 402 g/mol. The number of benzene rings is 2. The van der Waals surface area contributed by atoms with E-state index in [0.717, 1.165) is 23.5 Å². The van der Waals surface area contributed by atoms with Crippen molar-refractivity contribution in [1.29, 1.82) is 0 Å². The molecule has 0 saturated heterocycles. The van der Waals surface area contributed by atoms with E-state index >= 15 is 0 Å². The molecular weight excluding hydrogens is 376 g/mol. The van der Waals surface area contributed by atoms with Gasteiger partial charge in [-0.1, -0.05) is 25.1 Å². The number of nitrogens with one attached hydrogen (secondary N) is 2. The normalized spacial score (nSPS) is 15.5. The Morgan fingerprint density at radius 3 is 2.57 bits per heavy atom. The first kappa shape index (κ1) is 19.9. The lowest BCUT2D eigenvalue weighted by Crippen LogP contribution is -2.22. The summed E-state index contributed by atoms with van der Waals surface area (Å²) in [5, 5.41) is 6.61. The van der Waals surface area contributed by atoms with Crippen molar-refractivity contribution < 1.29 is 9.53 Å². The lowest BCUT2D eigenvalue weighted by Gasteiger charge is -2.23. The van der Waals surface area contributed by atoms with Crippen LogP contribution in [0.5, 0.6) is 5.75 Å². The number of methoxy groups -OCH3 is 1. The summed E-state index contributed by atoms with van der Waals surface area (Å²) >= 11 is 0. The molecule has 4 rings (SSSR count). The van der Waals surface area contributed by atoms with Crippen molar-refractivity contribution >= 4 is 28.9 Å². The van der Waals surface area contributed by atoms with Gasteiger partial charge < -0.3 is 15.4 Å². The van der Waals surface area contributed by atoms with Crippen LogP contribution in [0, 0.1) is 19.8 Å². The van der Waals surface area contributed by atoms with Crippen molar-refractivity contribution in [3.05, 3.63) is 64.8 Å². The Morgan fingerprint density at radius 2 is 1.80 bits per heavy atom. The van der Waals surface area contributed by atoms with Crippen molar-refractivity contribution in [3.63, 3.8) is 0 Å². The van der Waals surface area contributed by atoms with E-state index in [2.05, 4.69) is 53.5 Å². The highest BCUT2D eigenvalue weighted by Crippen LogP contribution is 2.33. The van der Waals surface area contributed by atoms with E-state index in [-0.39, 0.29) is 11.7 Å². The molecule has 1 aromatic heterocycles. The zero-order valence-corrected chi connectivity index (χ0v) is 17.7. The Labute approximate surface area is 176 Å². The summed E-state index contributed by atoms with van der Waals surface area (Å²) in [6.07, 6.45) is 1.25. The van der Waals surface area contributed by atoms with Crippen molar-refractivity contribution in [2.75, 3.05) is 17.7 Å². The molecule has 0 bridgehead atoms. The lowest BCUT2D eigenvalue weighted by atomic mass is 9.87. The highest BCUT2D eigenvalue weighted by Gasteiger charge is 2.28. The largest absolute Gasteiger partial charge is 0.495 e. The van der Waals surface area contributed by atoms with Crippen LogP contribution in [0.3, 0.4) is 0 Å². The number of carbonyl (C=O) groups excluding carboxylic acids is 1. The summed E-state index contributed by atoms with van der Waals surface area (Å²) in [6.45, 7) is 6.22. The maximum atomic E-state index is 12.8. The molecule has 154 valence electrons. The van der Waals surface area contributed by atoms with Crippen LogP contribution in [0.15, 0.2) is 42.5 Å². The number of Topliss-reactive ketones (excluding diaryl/α,β-unsaturated/α-hetero) is 1. The smallest absolute Gasteiger partial charge is 0.229 e. The van der Waals surface area contributed by atoms with Gasteiger partial charge in [-0.15, -0.1) is 0 Å². The first-order valence-electron chi connectivity index (χ1n) is 10.1. The first-order valence-corrected chi connectivity index (χ1v) is 10.1. The quantitative estimate of drug-likeness (QED) is 0.599. The highest BCUT2D eigenvalue weighted by molar-refractivity contribution is 6.03. The van der Waals surface area contributed by atoms with E-state index in [4.69, 9.17) is 4.74 Å². The van der Waals surface area contributed by atoms with Crippen LogP contribution in [-0.4, -0.2) is 22.9 Å². The molecular formula is C24H26N4O2. The van der Waals surface area contributed by atoms with Gasteiger partial charge in [0.2, 0.25) is 5.95 Å². The van der Waals surface area contributed by atoms with Crippen LogP contribution in [0.1, 0.15) is 40.5 Å². The number of para-hydroxylation sites is 2. The minimum absolute atomic E-state index is 0.0823. The summed E-state index contributed by atoms with van der Waals surface area (Å²) < 4.78 is 5.43. The lowest BCUT2D eigenvalue weighted by molar-refractivity contribution is 0.0953. The highest BCUT2D eigenvalue weighted by atomic mass is 16.5. The molecule has 6 heteroatoms. The molecule has 1 heterocycles. The van der Waals surface area contributed by atoms with Gasteiger partial charge in [-0.25, -0.2) is 4.98 Å². The van der Waals surface area contributed by atoms with Crippen molar-refractivity contribution in [2.24, 2.45) is 5.92 Å². The molecule has 1 aliphatic rings. The fraction of sp³-hybridized carbons (Fsp3) is 0.292. The Balaban J connectivity index is 1.77. The van der Waals surface area contributed by atoms with Gasteiger partial charge in [0.1, 0.15) is 11.6 Å². The predicted molar refractivity (Wildman–Crippen MR) is 119 cm³/mol. The Hall–Kier alpha value is -3.41. The molecule has 0 radical (unpaired) electrons. The number of rotatable bonds is 5. The van der Waals surface area contributed by atoms with Crippen LogP contribution in [0.2, 0.25) is 0 Å². The average molecular weight is 402 g/mol.